The van der Waals surface area contributed by atoms with Crippen molar-refractivity contribution in [3.8, 4) is 0 Å². The number of hydrogen-bond acceptors (Lipinski definition) is 4. The van der Waals surface area contributed by atoms with Crippen molar-refractivity contribution in [3.63, 3.8) is 0 Å². The SMILES string of the molecule is Cc1c(Cl)cccc1NCC(=O)Nc1cc(S(C)(=O)=O)ccc1Cl. The average molecular weight is 387 g/mol. The third-order valence-corrected chi connectivity index (χ3v) is 5.20. The predicted molar refractivity (Wildman–Crippen MR) is 97.9 cm³/mol. The van der Waals surface area contributed by atoms with E-state index in [1.54, 1.807) is 12.1 Å². The molecule has 1 amide bonds. The fraction of sp³-hybridized carbons (Fsp3) is 0.188. The first-order valence-corrected chi connectivity index (χ1v) is 9.61. The Balaban J connectivity index is 2.09. The molecular formula is C16H16Cl2N2O3S. The van der Waals surface area contributed by atoms with Gasteiger partial charge >= 0.3 is 0 Å². The molecule has 0 heterocycles. The Kier molecular flexibility index (Phi) is 5.74. The van der Waals surface area contributed by atoms with Gasteiger partial charge in [-0.3, -0.25) is 4.79 Å². The summed E-state index contributed by atoms with van der Waals surface area (Å²) in [5.74, 6) is -0.359. The minimum atomic E-state index is -3.38. The maximum atomic E-state index is 12.1. The van der Waals surface area contributed by atoms with Gasteiger partial charge in [-0.1, -0.05) is 29.3 Å². The maximum Gasteiger partial charge on any atom is 0.243 e. The number of benzene rings is 2. The molecule has 0 atom stereocenters. The van der Waals surface area contributed by atoms with E-state index in [-0.39, 0.29) is 28.1 Å². The monoisotopic (exact) mass is 386 g/mol. The third-order valence-electron chi connectivity index (χ3n) is 3.35. The molecule has 0 aliphatic heterocycles. The molecule has 0 radical (unpaired) electrons. The number of carbonyl (C=O) groups is 1. The molecule has 0 fully saturated rings. The van der Waals surface area contributed by atoms with Crippen molar-refractivity contribution >= 4 is 50.3 Å². The van der Waals surface area contributed by atoms with Crippen molar-refractivity contribution in [2.24, 2.45) is 0 Å². The molecular weight excluding hydrogens is 371 g/mol. The zero-order chi connectivity index (χ0) is 17.9. The Morgan fingerprint density at radius 2 is 1.79 bits per heavy atom. The lowest BCUT2D eigenvalue weighted by Crippen LogP contribution is -2.22. The van der Waals surface area contributed by atoms with Crippen LogP contribution in [0.25, 0.3) is 0 Å². The summed E-state index contributed by atoms with van der Waals surface area (Å²) in [5, 5.41) is 6.44. The molecule has 0 spiro atoms. The molecule has 2 aromatic carbocycles. The van der Waals surface area contributed by atoms with Gasteiger partial charge in [0.25, 0.3) is 0 Å². The average Bonchev–Trinajstić information content (AvgIpc) is 2.50. The molecule has 2 N–H and O–H groups in total. The summed E-state index contributed by atoms with van der Waals surface area (Å²) >= 11 is 12.0. The normalized spacial score (nSPS) is 11.2. The van der Waals surface area contributed by atoms with Gasteiger partial charge in [-0.05, 0) is 42.8 Å². The van der Waals surface area contributed by atoms with Gasteiger partial charge in [0, 0.05) is 17.0 Å². The number of rotatable bonds is 5. The highest BCUT2D eigenvalue weighted by atomic mass is 35.5. The Morgan fingerprint density at radius 1 is 1.08 bits per heavy atom. The highest BCUT2D eigenvalue weighted by Crippen LogP contribution is 2.26. The van der Waals surface area contributed by atoms with Gasteiger partial charge in [0.05, 0.1) is 22.2 Å². The Morgan fingerprint density at radius 3 is 2.46 bits per heavy atom. The van der Waals surface area contributed by atoms with Gasteiger partial charge in [0.15, 0.2) is 9.84 Å². The molecule has 2 aromatic rings. The minimum absolute atomic E-state index is 0.0133. The number of amides is 1. The number of carbonyl (C=O) groups excluding carboxylic acids is 1. The van der Waals surface area contributed by atoms with E-state index in [0.717, 1.165) is 17.5 Å². The third kappa shape index (κ3) is 4.63. The summed E-state index contributed by atoms with van der Waals surface area (Å²) in [7, 11) is -3.38. The first-order valence-electron chi connectivity index (χ1n) is 6.97. The standard InChI is InChI=1S/C16H16Cl2N2O3S/c1-10-12(17)4-3-5-14(10)19-9-16(21)20-15-8-11(24(2,22)23)6-7-13(15)18/h3-8,19H,9H2,1-2H3,(H,20,21). The fourth-order valence-electron chi connectivity index (χ4n) is 2.00. The van der Waals surface area contributed by atoms with E-state index in [9.17, 15) is 13.2 Å². The molecule has 8 heteroatoms. The number of halogens is 2. The van der Waals surface area contributed by atoms with Gasteiger partial charge in [-0.15, -0.1) is 0 Å². The van der Waals surface area contributed by atoms with E-state index < -0.39 is 9.84 Å². The van der Waals surface area contributed by atoms with Crippen LogP contribution in [0.3, 0.4) is 0 Å². The zero-order valence-electron chi connectivity index (χ0n) is 13.1. The van der Waals surface area contributed by atoms with E-state index >= 15 is 0 Å². The van der Waals surface area contributed by atoms with Crippen LogP contribution < -0.4 is 10.6 Å². The van der Waals surface area contributed by atoms with Crippen LogP contribution in [0, 0.1) is 6.92 Å². The summed E-state index contributed by atoms with van der Waals surface area (Å²) < 4.78 is 23.2. The smallest absolute Gasteiger partial charge is 0.243 e. The van der Waals surface area contributed by atoms with Gasteiger partial charge in [-0.25, -0.2) is 8.42 Å². The van der Waals surface area contributed by atoms with E-state index in [1.165, 1.54) is 18.2 Å². The van der Waals surface area contributed by atoms with Crippen LogP contribution >= 0.6 is 23.2 Å². The molecule has 5 nitrogen and oxygen atoms in total. The van der Waals surface area contributed by atoms with Gasteiger partial charge in [-0.2, -0.15) is 0 Å². The molecule has 0 aliphatic rings. The van der Waals surface area contributed by atoms with Crippen molar-refractivity contribution in [3.05, 3.63) is 52.0 Å². The lowest BCUT2D eigenvalue weighted by molar-refractivity contribution is -0.114. The van der Waals surface area contributed by atoms with E-state index in [4.69, 9.17) is 23.2 Å². The van der Waals surface area contributed by atoms with Crippen LogP contribution in [0.5, 0.6) is 0 Å². The predicted octanol–water partition coefficient (Wildman–Crippen LogP) is 3.76. The van der Waals surface area contributed by atoms with Gasteiger partial charge in [0.1, 0.15) is 0 Å². The van der Waals surface area contributed by atoms with Crippen molar-refractivity contribution in [2.45, 2.75) is 11.8 Å². The Bertz CT molecular complexity index is 883. The first-order chi connectivity index (χ1) is 11.2. The summed E-state index contributed by atoms with van der Waals surface area (Å²) in [5.41, 5.74) is 1.83. The summed E-state index contributed by atoms with van der Waals surface area (Å²) in [6.07, 6.45) is 1.09. The van der Waals surface area contributed by atoms with Crippen LogP contribution in [0.2, 0.25) is 10.0 Å². The largest absolute Gasteiger partial charge is 0.376 e. The second kappa shape index (κ2) is 7.42. The highest BCUT2D eigenvalue weighted by Gasteiger charge is 2.12. The minimum Gasteiger partial charge on any atom is -0.376 e. The molecule has 128 valence electrons. The second-order valence-electron chi connectivity index (χ2n) is 5.23. The molecule has 0 aromatic heterocycles. The van der Waals surface area contributed by atoms with Gasteiger partial charge in [0.2, 0.25) is 5.91 Å². The molecule has 0 saturated carbocycles. The van der Waals surface area contributed by atoms with Crippen molar-refractivity contribution in [1.29, 1.82) is 0 Å². The zero-order valence-corrected chi connectivity index (χ0v) is 15.4. The van der Waals surface area contributed by atoms with Crippen molar-refractivity contribution in [2.75, 3.05) is 23.4 Å². The van der Waals surface area contributed by atoms with Gasteiger partial charge < -0.3 is 10.6 Å². The highest BCUT2D eigenvalue weighted by molar-refractivity contribution is 7.90. The fourth-order valence-corrected chi connectivity index (χ4v) is 2.99. The molecule has 2 rings (SSSR count). The van der Waals surface area contributed by atoms with Crippen LogP contribution in [0.1, 0.15) is 5.56 Å². The first kappa shape index (κ1) is 18.6. The maximum absolute atomic E-state index is 12.1. The van der Waals surface area contributed by atoms with Crippen molar-refractivity contribution < 1.29 is 13.2 Å². The van der Waals surface area contributed by atoms with E-state index in [2.05, 4.69) is 10.6 Å². The number of hydrogen-bond donors (Lipinski definition) is 2. The lowest BCUT2D eigenvalue weighted by Gasteiger charge is -2.12. The van der Waals surface area contributed by atoms with Crippen LogP contribution in [-0.2, 0) is 14.6 Å². The number of anilines is 2. The molecule has 24 heavy (non-hydrogen) atoms. The summed E-state index contributed by atoms with van der Waals surface area (Å²) in [6, 6.07) is 9.51. The molecule has 0 saturated heterocycles. The summed E-state index contributed by atoms with van der Waals surface area (Å²) in [4.78, 5) is 12.2. The topological polar surface area (TPSA) is 75.3 Å². The lowest BCUT2D eigenvalue weighted by atomic mass is 10.2. The molecule has 0 aliphatic carbocycles. The van der Waals surface area contributed by atoms with Crippen LogP contribution in [-0.4, -0.2) is 27.1 Å². The van der Waals surface area contributed by atoms with Crippen LogP contribution in [0.15, 0.2) is 41.3 Å². The Hall–Kier alpha value is -1.76. The number of nitrogens with one attached hydrogen (secondary N) is 2. The second-order valence-corrected chi connectivity index (χ2v) is 8.06. The summed E-state index contributed by atoms with van der Waals surface area (Å²) in [6.45, 7) is 1.83. The van der Waals surface area contributed by atoms with Crippen molar-refractivity contribution in [1.82, 2.24) is 0 Å². The molecule has 0 bridgehead atoms. The van der Waals surface area contributed by atoms with E-state index in [0.29, 0.717) is 5.02 Å². The quantitative estimate of drug-likeness (QED) is 0.819. The molecule has 0 unspecified atom stereocenters. The number of sulfone groups is 1. The van der Waals surface area contributed by atoms with Crippen LogP contribution in [0.4, 0.5) is 11.4 Å². The Labute approximate surface area is 150 Å². The van der Waals surface area contributed by atoms with E-state index in [1.807, 2.05) is 13.0 Å².